The Morgan fingerprint density at radius 2 is 2.00 bits per heavy atom. The van der Waals surface area contributed by atoms with Crippen LogP contribution in [0.5, 0.6) is 0 Å². The van der Waals surface area contributed by atoms with E-state index in [-0.39, 0.29) is 27.9 Å². The minimum absolute atomic E-state index is 0.0764. The highest BCUT2D eigenvalue weighted by Gasteiger charge is 2.30. The van der Waals surface area contributed by atoms with Crippen LogP contribution in [0.25, 0.3) is 16.6 Å². The van der Waals surface area contributed by atoms with Gasteiger partial charge in [0.25, 0.3) is 5.56 Å². The van der Waals surface area contributed by atoms with Gasteiger partial charge in [0.15, 0.2) is 5.16 Å². The molecule has 0 radical (unpaired) electrons. The Morgan fingerprint density at radius 3 is 2.65 bits per heavy atom. The summed E-state index contributed by atoms with van der Waals surface area (Å²) in [4.78, 5) is 30.0. The number of benzene rings is 2. The Balaban J connectivity index is 2.03. The third kappa shape index (κ3) is 4.59. The lowest BCUT2D eigenvalue weighted by atomic mass is 9.90. The number of aromatic nitrogens is 2. The molecule has 1 amide bonds. The Morgan fingerprint density at radius 1 is 1.29 bits per heavy atom. The summed E-state index contributed by atoms with van der Waals surface area (Å²) in [5.41, 5.74) is -1.38. The van der Waals surface area contributed by atoms with Gasteiger partial charge in [-0.1, -0.05) is 37.7 Å². The second-order valence-electron chi connectivity index (χ2n) is 7.45. The van der Waals surface area contributed by atoms with Gasteiger partial charge in [-0.25, -0.2) is 13.8 Å². The van der Waals surface area contributed by atoms with Gasteiger partial charge in [0.05, 0.1) is 28.4 Å². The molecule has 1 aromatic heterocycles. The Kier molecular flexibility index (Phi) is 6.41. The van der Waals surface area contributed by atoms with Crippen molar-refractivity contribution in [2.45, 2.75) is 31.5 Å². The van der Waals surface area contributed by atoms with E-state index in [0.717, 1.165) is 28.5 Å². The van der Waals surface area contributed by atoms with Gasteiger partial charge in [0.2, 0.25) is 5.91 Å². The first-order chi connectivity index (χ1) is 14.7. The Hall–Kier alpha value is -3.25. The maximum atomic E-state index is 14.5. The molecule has 31 heavy (non-hydrogen) atoms. The molecule has 0 saturated heterocycles. The number of carbonyl (C=O) groups is 1. The van der Waals surface area contributed by atoms with Gasteiger partial charge >= 0.3 is 0 Å². The van der Waals surface area contributed by atoms with E-state index in [9.17, 15) is 23.6 Å². The van der Waals surface area contributed by atoms with Crippen LogP contribution in [0.2, 0.25) is 0 Å². The molecule has 2 aromatic carbocycles. The zero-order valence-electron chi connectivity index (χ0n) is 17.1. The average molecular weight is 442 g/mol. The zero-order chi connectivity index (χ0) is 22.8. The quantitative estimate of drug-likeness (QED) is 0.463. The highest BCUT2D eigenvalue weighted by Crippen LogP contribution is 2.24. The SMILES string of the molecule is CC(C)C(C)(C#N)NC(=O)CSc1nc2ccccc2c(=O)n1-c1ccc(F)cc1F. The second kappa shape index (κ2) is 8.86. The highest BCUT2D eigenvalue weighted by molar-refractivity contribution is 7.99. The number of hydrogen-bond acceptors (Lipinski definition) is 5. The molecular formula is C22H20F2N4O2S. The fourth-order valence-electron chi connectivity index (χ4n) is 2.84. The molecule has 9 heteroatoms. The number of amides is 1. The third-order valence-electron chi connectivity index (χ3n) is 5.01. The normalized spacial score (nSPS) is 13.1. The first-order valence-electron chi connectivity index (χ1n) is 9.48. The molecule has 0 aliphatic rings. The van der Waals surface area contributed by atoms with Gasteiger partial charge in [0.1, 0.15) is 17.2 Å². The maximum Gasteiger partial charge on any atom is 0.266 e. The minimum atomic E-state index is -1.06. The second-order valence-corrected chi connectivity index (χ2v) is 8.40. The number of para-hydroxylation sites is 1. The number of rotatable bonds is 6. The summed E-state index contributed by atoms with van der Waals surface area (Å²) in [5.74, 6) is -2.42. The van der Waals surface area contributed by atoms with Gasteiger partial charge in [-0.05, 0) is 37.1 Å². The lowest BCUT2D eigenvalue weighted by Crippen LogP contribution is -2.49. The molecule has 0 aliphatic heterocycles. The number of halogens is 2. The van der Waals surface area contributed by atoms with Crippen molar-refractivity contribution in [2.24, 2.45) is 5.92 Å². The molecule has 1 unspecified atom stereocenters. The van der Waals surface area contributed by atoms with Crippen molar-refractivity contribution in [3.63, 3.8) is 0 Å². The predicted molar refractivity (Wildman–Crippen MR) is 115 cm³/mol. The topological polar surface area (TPSA) is 87.8 Å². The summed E-state index contributed by atoms with van der Waals surface area (Å²) in [5, 5.41) is 12.4. The largest absolute Gasteiger partial charge is 0.337 e. The first-order valence-corrected chi connectivity index (χ1v) is 10.5. The van der Waals surface area contributed by atoms with Gasteiger partial charge in [-0.3, -0.25) is 14.2 Å². The van der Waals surface area contributed by atoms with Crippen LogP contribution in [-0.2, 0) is 4.79 Å². The van der Waals surface area contributed by atoms with Crippen molar-refractivity contribution in [1.82, 2.24) is 14.9 Å². The van der Waals surface area contributed by atoms with Gasteiger partial charge in [-0.15, -0.1) is 0 Å². The molecule has 6 nitrogen and oxygen atoms in total. The molecular weight excluding hydrogens is 422 g/mol. The smallest absolute Gasteiger partial charge is 0.266 e. The van der Waals surface area contributed by atoms with E-state index in [4.69, 9.17) is 0 Å². The van der Waals surface area contributed by atoms with Crippen LogP contribution in [0, 0.1) is 28.9 Å². The van der Waals surface area contributed by atoms with E-state index in [0.29, 0.717) is 11.6 Å². The molecule has 3 aromatic rings. The van der Waals surface area contributed by atoms with Crippen LogP contribution in [-0.4, -0.2) is 26.8 Å². The van der Waals surface area contributed by atoms with Crippen LogP contribution in [0.15, 0.2) is 52.4 Å². The lowest BCUT2D eigenvalue weighted by molar-refractivity contribution is -0.120. The van der Waals surface area contributed by atoms with Gasteiger partial charge < -0.3 is 5.32 Å². The molecule has 1 N–H and O–H groups in total. The summed E-state index contributed by atoms with van der Waals surface area (Å²) in [6.07, 6.45) is 0. The summed E-state index contributed by atoms with van der Waals surface area (Å²) in [6, 6.07) is 11.5. The molecule has 0 fully saturated rings. The van der Waals surface area contributed by atoms with Crippen LogP contribution < -0.4 is 10.9 Å². The number of thioether (sulfide) groups is 1. The number of fused-ring (bicyclic) bond motifs is 1. The van der Waals surface area contributed by atoms with Crippen molar-refractivity contribution in [3.8, 4) is 11.8 Å². The van der Waals surface area contributed by atoms with Crippen molar-refractivity contribution in [3.05, 3.63) is 64.5 Å². The maximum absolute atomic E-state index is 14.5. The summed E-state index contributed by atoms with van der Waals surface area (Å²) >= 11 is 0.925. The molecule has 0 saturated carbocycles. The van der Waals surface area contributed by atoms with E-state index in [1.54, 1.807) is 31.2 Å². The van der Waals surface area contributed by atoms with Crippen molar-refractivity contribution < 1.29 is 13.6 Å². The molecule has 3 rings (SSSR count). The van der Waals surface area contributed by atoms with Crippen LogP contribution in [0.1, 0.15) is 20.8 Å². The molecule has 1 heterocycles. The minimum Gasteiger partial charge on any atom is -0.337 e. The van der Waals surface area contributed by atoms with E-state index in [1.165, 1.54) is 0 Å². The molecule has 0 aliphatic carbocycles. The predicted octanol–water partition coefficient (Wildman–Crippen LogP) is 3.81. The number of hydrogen-bond donors (Lipinski definition) is 1. The third-order valence-corrected chi connectivity index (χ3v) is 5.95. The Bertz CT molecular complexity index is 1250. The highest BCUT2D eigenvalue weighted by atomic mass is 32.2. The summed E-state index contributed by atoms with van der Waals surface area (Å²) in [6.45, 7) is 5.26. The first kappa shape index (κ1) is 22.4. The number of nitrogens with zero attached hydrogens (tertiary/aromatic N) is 3. The van der Waals surface area contributed by atoms with E-state index in [1.807, 2.05) is 13.8 Å². The van der Waals surface area contributed by atoms with Crippen molar-refractivity contribution in [1.29, 1.82) is 5.26 Å². The number of nitrogens with one attached hydrogen (secondary N) is 1. The van der Waals surface area contributed by atoms with E-state index in [2.05, 4.69) is 16.4 Å². The fourth-order valence-corrected chi connectivity index (χ4v) is 3.65. The summed E-state index contributed by atoms with van der Waals surface area (Å²) < 4.78 is 28.9. The van der Waals surface area contributed by atoms with Crippen molar-refractivity contribution in [2.75, 3.05) is 5.75 Å². The van der Waals surface area contributed by atoms with Crippen LogP contribution in [0.3, 0.4) is 0 Å². The van der Waals surface area contributed by atoms with E-state index < -0.39 is 28.6 Å². The number of nitriles is 1. The summed E-state index contributed by atoms with van der Waals surface area (Å²) in [7, 11) is 0. The van der Waals surface area contributed by atoms with Crippen LogP contribution >= 0.6 is 11.8 Å². The number of carbonyl (C=O) groups excluding carboxylic acids is 1. The fraction of sp³-hybridized carbons (Fsp3) is 0.273. The van der Waals surface area contributed by atoms with Crippen molar-refractivity contribution >= 4 is 28.6 Å². The standard InChI is InChI=1S/C22H20F2N4O2S/c1-13(2)22(3,12-25)27-19(29)11-31-21-26-17-7-5-4-6-15(17)20(30)28(21)18-9-8-14(23)10-16(18)24/h4-10,13H,11H2,1-3H3,(H,27,29). The zero-order valence-corrected chi connectivity index (χ0v) is 18.0. The van der Waals surface area contributed by atoms with Gasteiger partial charge in [0, 0.05) is 6.07 Å². The van der Waals surface area contributed by atoms with Gasteiger partial charge in [-0.2, -0.15) is 5.26 Å². The molecule has 0 spiro atoms. The lowest BCUT2D eigenvalue weighted by Gasteiger charge is -2.27. The molecule has 160 valence electrons. The monoisotopic (exact) mass is 442 g/mol. The van der Waals surface area contributed by atoms with E-state index >= 15 is 0 Å². The van der Waals surface area contributed by atoms with Crippen LogP contribution in [0.4, 0.5) is 8.78 Å². The average Bonchev–Trinajstić information content (AvgIpc) is 2.73. The molecule has 0 bridgehead atoms. The Labute approximate surface area is 181 Å². The molecule has 1 atom stereocenters.